The molecule has 0 aromatic heterocycles. The molecule has 1 aromatic carbocycles. The van der Waals surface area contributed by atoms with Crippen LogP contribution in [0, 0.1) is 10.1 Å². The number of nitro groups is 1. The Morgan fingerprint density at radius 1 is 1.35 bits per heavy atom. The number of nitrogens with zero attached hydrogens (tertiary/aromatic N) is 1. The lowest BCUT2D eigenvalue weighted by atomic mass is 10.1. The van der Waals surface area contributed by atoms with Crippen molar-refractivity contribution < 1.29 is 14.4 Å². The van der Waals surface area contributed by atoms with Crippen LogP contribution >= 0.6 is 0 Å². The van der Waals surface area contributed by atoms with E-state index in [1.807, 2.05) is 0 Å². The number of hydrogen-bond donors (Lipinski definition) is 0. The summed E-state index contributed by atoms with van der Waals surface area (Å²) in [5.41, 5.74) is 0.806. The van der Waals surface area contributed by atoms with Gasteiger partial charge in [-0.05, 0) is 24.1 Å². The van der Waals surface area contributed by atoms with Crippen LogP contribution in [-0.4, -0.2) is 18.6 Å². The van der Waals surface area contributed by atoms with Crippen LogP contribution in [0.1, 0.15) is 38.7 Å². The molecule has 1 aromatic rings. The van der Waals surface area contributed by atoms with Crippen molar-refractivity contribution in [2.24, 2.45) is 0 Å². The number of hydrogen-bond acceptors (Lipinski definition) is 4. The van der Waals surface area contributed by atoms with Gasteiger partial charge in [0.25, 0.3) is 0 Å². The molecule has 0 saturated heterocycles. The predicted molar refractivity (Wildman–Crippen MR) is 78.7 cm³/mol. The Morgan fingerprint density at radius 3 is 2.70 bits per heavy atom. The molecule has 0 fully saturated rings. The molecular weight excluding hydrogens is 258 g/mol. The van der Waals surface area contributed by atoms with Crippen molar-refractivity contribution in [3.05, 3.63) is 39.6 Å². The highest BCUT2D eigenvalue weighted by atomic mass is 16.6. The van der Waals surface area contributed by atoms with Crippen LogP contribution in [0.4, 0.5) is 0 Å². The smallest absolute Gasteiger partial charge is 0.243 e. The average Bonchev–Trinajstić information content (AvgIpc) is 2.44. The maximum absolute atomic E-state index is 10.6. The molecule has 5 nitrogen and oxygen atoms in total. The van der Waals surface area contributed by atoms with E-state index < -0.39 is 4.92 Å². The minimum absolute atomic E-state index is 0.0867. The third kappa shape index (κ3) is 4.91. The quantitative estimate of drug-likeness (QED) is 0.411. The summed E-state index contributed by atoms with van der Waals surface area (Å²) in [7, 11) is 1.56. The molecule has 0 spiro atoms. The van der Waals surface area contributed by atoms with Gasteiger partial charge >= 0.3 is 0 Å². The molecule has 1 rings (SSSR count). The van der Waals surface area contributed by atoms with E-state index in [0.717, 1.165) is 24.8 Å². The van der Waals surface area contributed by atoms with Crippen LogP contribution in [0.5, 0.6) is 11.5 Å². The van der Waals surface area contributed by atoms with E-state index >= 15 is 0 Å². The first-order chi connectivity index (χ1) is 9.58. The standard InChI is InChI=1S/C15H21NO4/c1-4-5-6-9-20-14-8-7-13(11-15(14)19-3)10-12(2)16(17)18/h7-8,10-11H,4-6,9H2,1-3H3. The van der Waals surface area contributed by atoms with Gasteiger partial charge in [-0.2, -0.15) is 0 Å². The third-order valence-electron chi connectivity index (χ3n) is 2.86. The van der Waals surface area contributed by atoms with Crippen molar-refractivity contribution in [1.29, 1.82) is 0 Å². The van der Waals surface area contributed by atoms with Gasteiger partial charge in [-0.15, -0.1) is 0 Å². The fourth-order valence-electron chi connectivity index (χ4n) is 1.72. The zero-order valence-electron chi connectivity index (χ0n) is 12.2. The molecular formula is C15H21NO4. The third-order valence-corrected chi connectivity index (χ3v) is 2.86. The van der Waals surface area contributed by atoms with Crippen LogP contribution < -0.4 is 9.47 Å². The molecule has 0 unspecified atom stereocenters. The van der Waals surface area contributed by atoms with Crippen LogP contribution in [-0.2, 0) is 0 Å². The van der Waals surface area contributed by atoms with E-state index in [1.165, 1.54) is 13.0 Å². The lowest BCUT2D eigenvalue weighted by Crippen LogP contribution is -1.99. The zero-order valence-corrected chi connectivity index (χ0v) is 12.2. The predicted octanol–water partition coefficient (Wildman–Crippen LogP) is 3.90. The summed E-state index contributed by atoms with van der Waals surface area (Å²) in [4.78, 5) is 10.2. The normalized spacial score (nSPS) is 11.2. The molecule has 0 saturated carbocycles. The monoisotopic (exact) mass is 279 g/mol. The summed E-state index contributed by atoms with van der Waals surface area (Å²) < 4.78 is 10.9. The first kappa shape index (κ1) is 16.0. The number of benzene rings is 1. The minimum Gasteiger partial charge on any atom is -0.493 e. The first-order valence-electron chi connectivity index (χ1n) is 6.72. The molecule has 0 radical (unpaired) electrons. The fraction of sp³-hybridized carbons (Fsp3) is 0.467. The van der Waals surface area contributed by atoms with Crippen LogP contribution in [0.25, 0.3) is 6.08 Å². The van der Waals surface area contributed by atoms with Gasteiger partial charge < -0.3 is 9.47 Å². The number of rotatable bonds is 8. The van der Waals surface area contributed by atoms with E-state index in [1.54, 1.807) is 25.3 Å². The lowest BCUT2D eigenvalue weighted by Gasteiger charge is -2.11. The molecule has 20 heavy (non-hydrogen) atoms. The maximum Gasteiger partial charge on any atom is 0.243 e. The SMILES string of the molecule is CCCCCOc1ccc(C=C(C)[N+](=O)[O-])cc1OC. The zero-order chi connectivity index (χ0) is 15.0. The maximum atomic E-state index is 10.6. The van der Waals surface area contributed by atoms with Gasteiger partial charge in [0.1, 0.15) is 0 Å². The Morgan fingerprint density at radius 2 is 2.10 bits per heavy atom. The first-order valence-corrected chi connectivity index (χ1v) is 6.72. The Kier molecular flexibility index (Phi) is 6.56. The van der Waals surface area contributed by atoms with Gasteiger partial charge in [0.2, 0.25) is 5.70 Å². The van der Waals surface area contributed by atoms with E-state index in [-0.39, 0.29) is 5.70 Å². The number of methoxy groups -OCH3 is 1. The molecule has 0 aliphatic rings. The largest absolute Gasteiger partial charge is 0.493 e. The second kappa shape index (κ2) is 8.19. The summed E-state index contributed by atoms with van der Waals surface area (Å²) in [6.07, 6.45) is 4.78. The minimum atomic E-state index is -0.415. The molecule has 0 bridgehead atoms. The molecule has 0 N–H and O–H groups in total. The molecule has 110 valence electrons. The van der Waals surface area contributed by atoms with Gasteiger partial charge in [0.05, 0.1) is 18.6 Å². The number of unbranched alkanes of at least 4 members (excludes halogenated alkanes) is 2. The molecule has 0 amide bonds. The topological polar surface area (TPSA) is 61.6 Å². The second-order valence-corrected chi connectivity index (χ2v) is 4.51. The van der Waals surface area contributed by atoms with Gasteiger partial charge in [0.15, 0.2) is 11.5 Å². The number of allylic oxidation sites excluding steroid dienone is 1. The second-order valence-electron chi connectivity index (χ2n) is 4.51. The van der Waals surface area contributed by atoms with Crippen LogP contribution in [0.2, 0.25) is 0 Å². The van der Waals surface area contributed by atoms with E-state index in [2.05, 4.69) is 6.92 Å². The molecule has 0 heterocycles. The highest BCUT2D eigenvalue weighted by molar-refractivity contribution is 5.56. The van der Waals surface area contributed by atoms with Crippen molar-refractivity contribution in [1.82, 2.24) is 0 Å². The van der Waals surface area contributed by atoms with Gasteiger partial charge in [-0.3, -0.25) is 10.1 Å². The molecule has 0 atom stereocenters. The van der Waals surface area contributed by atoms with Crippen molar-refractivity contribution in [3.8, 4) is 11.5 Å². The van der Waals surface area contributed by atoms with Crippen molar-refractivity contribution in [2.45, 2.75) is 33.1 Å². The van der Waals surface area contributed by atoms with E-state index in [4.69, 9.17) is 9.47 Å². The summed E-state index contributed by atoms with van der Waals surface area (Å²) in [6.45, 7) is 4.24. The van der Waals surface area contributed by atoms with E-state index in [0.29, 0.717) is 18.1 Å². The average molecular weight is 279 g/mol. The molecule has 0 aliphatic heterocycles. The Balaban J connectivity index is 2.80. The van der Waals surface area contributed by atoms with Crippen molar-refractivity contribution in [2.75, 3.05) is 13.7 Å². The van der Waals surface area contributed by atoms with E-state index in [9.17, 15) is 10.1 Å². The van der Waals surface area contributed by atoms with Gasteiger partial charge in [-0.25, -0.2) is 0 Å². The van der Waals surface area contributed by atoms with Gasteiger partial charge in [0, 0.05) is 13.0 Å². The molecule has 0 aliphatic carbocycles. The summed E-state index contributed by atoms with van der Waals surface area (Å²) in [5, 5.41) is 10.6. The van der Waals surface area contributed by atoms with Crippen molar-refractivity contribution in [3.63, 3.8) is 0 Å². The van der Waals surface area contributed by atoms with Crippen LogP contribution in [0.15, 0.2) is 23.9 Å². The number of ether oxygens (including phenoxy) is 2. The summed E-state index contributed by atoms with van der Waals surface area (Å²) in [5.74, 6) is 1.26. The summed E-state index contributed by atoms with van der Waals surface area (Å²) in [6, 6.07) is 5.30. The summed E-state index contributed by atoms with van der Waals surface area (Å²) >= 11 is 0. The Labute approximate surface area is 119 Å². The van der Waals surface area contributed by atoms with Crippen molar-refractivity contribution >= 4 is 6.08 Å². The van der Waals surface area contributed by atoms with Gasteiger partial charge in [-0.1, -0.05) is 25.8 Å². The molecule has 5 heteroatoms. The van der Waals surface area contributed by atoms with Crippen LogP contribution in [0.3, 0.4) is 0 Å². The lowest BCUT2D eigenvalue weighted by molar-refractivity contribution is -0.422. The highest BCUT2D eigenvalue weighted by Crippen LogP contribution is 2.29. The highest BCUT2D eigenvalue weighted by Gasteiger charge is 2.07. The Hall–Kier alpha value is -2.04. The fourth-order valence-corrected chi connectivity index (χ4v) is 1.72. The Bertz CT molecular complexity index is 483.